The van der Waals surface area contributed by atoms with Gasteiger partial charge in [-0.05, 0) is 18.8 Å². The lowest BCUT2D eigenvalue weighted by molar-refractivity contribution is 0.208. The Balaban J connectivity index is 1.98. The van der Waals surface area contributed by atoms with E-state index in [1.165, 1.54) is 0 Å². The Bertz CT molecular complexity index is 538. The van der Waals surface area contributed by atoms with Gasteiger partial charge in [-0.3, -0.25) is 0 Å². The summed E-state index contributed by atoms with van der Waals surface area (Å²) in [4.78, 5) is 2.25. The molecular weight excluding hydrogens is 226 g/mol. The highest BCUT2D eigenvalue weighted by Crippen LogP contribution is 2.27. The number of rotatable bonds is 2. The molecule has 1 atom stereocenters. The molecule has 0 spiro atoms. The zero-order valence-corrected chi connectivity index (χ0v) is 10.3. The summed E-state index contributed by atoms with van der Waals surface area (Å²) in [5.74, 6) is 1.31. The van der Waals surface area contributed by atoms with Crippen LogP contribution >= 0.6 is 0 Å². The van der Waals surface area contributed by atoms with Crippen molar-refractivity contribution >= 4 is 16.6 Å². The number of hydrogen-bond donors (Lipinski definition) is 1. The Kier molecular flexibility index (Phi) is 3.11. The van der Waals surface area contributed by atoms with Gasteiger partial charge in [0.25, 0.3) is 0 Å². The zero-order chi connectivity index (χ0) is 12.4. The van der Waals surface area contributed by atoms with Crippen LogP contribution in [0.2, 0.25) is 0 Å². The summed E-state index contributed by atoms with van der Waals surface area (Å²) in [5, 5.41) is 19.9. The molecule has 1 aliphatic rings. The monoisotopic (exact) mass is 243 g/mol. The van der Waals surface area contributed by atoms with Gasteiger partial charge in [0.2, 0.25) is 0 Å². The van der Waals surface area contributed by atoms with Crippen molar-refractivity contribution in [3.05, 3.63) is 30.5 Å². The van der Waals surface area contributed by atoms with Gasteiger partial charge in [-0.25, -0.2) is 0 Å². The number of aliphatic hydroxyl groups excluding tert-OH is 1. The van der Waals surface area contributed by atoms with E-state index >= 15 is 0 Å². The number of benzene rings is 1. The lowest BCUT2D eigenvalue weighted by Gasteiger charge is -2.32. The van der Waals surface area contributed by atoms with E-state index in [2.05, 4.69) is 27.2 Å². The molecule has 1 aromatic heterocycles. The molecule has 18 heavy (non-hydrogen) atoms. The first-order valence-corrected chi connectivity index (χ1v) is 6.44. The van der Waals surface area contributed by atoms with Crippen molar-refractivity contribution in [2.45, 2.75) is 12.8 Å². The van der Waals surface area contributed by atoms with Crippen LogP contribution in [0.3, 0.4) is 0 Å². The molecule has 1 saturated heterocycles. The second kappa shape index (κ2) is 4.90. The minimum Gasteiger partial charge on any atom is -0.396 e. The largest absolute Gasteiger partial charge is 0.396 e. The summed E-state index contributed by atoms with van der Waals surface area (Å²) in [6, 6.07) is 8.18. The Labute approximate surface area is 106 Å². The van der Waals surface area contributed by atoms with Gasteiger partial charge in [-0.1, -0.05) is 24.3 Å². The molecule has 0 bridgehead atoms. The topological polar surface area (TPSA) is 49.2 Å². The number of piperidine rings is 1. The van der Waals surface area contributed by atoms with Crippen molar-refractivity contribution < 1.29 is 5.11 Å². The van der Waals surface area contributed by atoms with Crippen LogP contribution in [0.15, 0.2) is 30.5 Å². The van der Waals surface area contributed by atoms with Crippen LogP contribution in [0.1, 0.15) is 12.8 Å². The first-order valence-electron chi connectivity index (χ1n) is 6.44. The highest BCUT2D eigenvalue weighted by Gasteiger charge is 2.21. The van der Waals surface area contributed by atoms with Crippen LogP contribution in [0, 0.1) is 5.92 Å². The fourth-order valence-electron chi connectivity index (χ4n) is 2.65. The van der Waals surface area contributed by atoms with E-state index in [1.54, 1.807) is 6.20 Å². The molecule has 0 saturated carbocycles. The molecule has 0 amide bonds. The molecule has 4 nitrogen and oxygen atoms in total. The summed E-state index contributed by atoms with van der Waals surface area (Å²) < 4.78 is 0. The molecule has 0 radical (unpaired) electrons. The summed E-state index contributed by atoms with van der Waals surface area (Å²) >= 11 is 0. The van der Waals surface area contributed by atoms with Crippen molar-refractivity contribution in [2.24, 2.45) is 5.92 Å². The maximum atomic E-state index is 9.31. The fraction of sp³-hybridized carbons (Fsp3) is 0.429. The molecular formula is C14H17N3O. The molecule has 2 heterocycles. The molecule has 3 rings (SSSR count). The van der Waals surface area contributed by atoms with Gasteiger partial charge in [-0.2, -0.15) is 5.10 Å². The highest BCUT2D eigenvalue weighted by atomic mass is 16.3. The number of anilines is 1. The van der Waals surface area contributed by atoms with Crippen molar-refractivity contribution in [2.75, 3.05) is 24.6 Å². The van der Waals surface area contributed by atoms with E-state index in [0.717, 1.165) is 42.5 Å². The SMILES string of the molecule is OCC1CCCN(c2nncc3ccccc23)C1. The molecule has 1 aliphatic heterocycles. The van der Waals surface area contributed by atoms with Gasteiger partial charge in [0, 0.05) is 30.5 Å². The van der Waals surface area contributed by atoms with Gasteiger partial charge >= 0.3 is 0 Å². The molecule has 1 fully saturated rings. The molecule has 2 aromatic rings. The van der Waals surface area contributed by atoms with Gasteiger partial charge in [0.15, 0.2) is 5.82 Å². The fourth-order valence-corrected chi connectivity index (χ4v) is 2.65. The van der Waals surface area contributed by atoms with E-state index in [4.69, 9.17) is 0 Å². The van der Waals surface area contributed by atoms with Crippen LogP contribution in [0.5, 0.6) is 0 Å². The molecule has 1 unspecified atom stereocenters. The maximum Gasteiger partial charge on any atom is 0.159 e. The number of hydrogen-bond acceptors (Lipinski definition) is 4. The van der Waals surface area contributed by atoms with E-state index in [9.17, 15) is 5.11 Å². The Morgan fingerprint density at radius 2 is 2.22 bits per heavy atom. The highest BCUT2D eigenvalue weighted by molar-refractivity contribution is 5.91. The van der Waals surface area contributed by atoms with Crippen LogP contribution in [-0.4, -0.2) is 35.0 Å². The van der Waals surface area contributed by atoms with Gasteiger partial charge in [0.1, 0.15) is 0 Å². The molecule has 94 valence electrons. The third-order valence-electron chi connectivity index (χ3n) is 3.63. The predicted molar refractivity (Wildman–Crippen MR) is 71.6 cm³/mol. The minimum atomic E-state index is 0.259. The summed E-state index contributed by atoms with van der Waals surface area (Å²) in [6.07, 6.45) is 4.01. The minimum absolute atomic E-state index is 0.259. The van der Waals surface area contributed by atoms with E-state index in [1.807, 2.05) is 12.1 Å². The van der Waals surface area contributed by atoms with E-state index in [0.29, 0.717) is 5.92 Å². The van der Waals surface area contributed by atoms with Gasteiger partial charge < -0.3 is 10.0 Å². The average molecular weight is 243 g/mol. The predicted octanol–water partition coefficient (Wildman–Crippen LogP) is 1.84. The third kappa shape index (κ3) is 2.04. The molecule has 1 aromatic carbocycles. The standard InChI is InChI=1S/C14H17N3O/c18-10-11-4-3-7-17(9-11)14-13-6-2-1-5-12(13)8-15-16-14/h1-2,5-6,8,11,18H,3-4,7,9-10H2. The summed E-state index contributed by atoms with van der Waals surface area (Å²) in [5.41, 5.74) is 0. The average Bonchev–Trinajstić information content (AvgIpc) is 2.47. The van der Waals surface area contributed by atoms with Crippen molar-refractivity contribution in [1.82, 2.24) is 10.2 Å². The zero-order valence-electron chi connectivity index (χ0n) is 10.3. The first kappa shape index (κ1) is 11.4. The maximum absolute atomic E-state index is 9.31. The van der Waals surface area contributed by atoms with Crippen LogP contribution in [0.4, 0.5) is 5.82 Å². The van der Waals surface area contributed by atoms with Gasteiger partial charge in [0.05, 0.1) is 6.20 Å². The lowest BCUT2D eigenvalue weighted by atomic mass is 9.99. The Morgan fingerprint density at radius 3 is 3.11 bits per heavy atom. The Morgan fingerprint density at radius 1 is 1.33 bits per heavy atom. The number of nitrogens with zero attached hydrogens (tertiary/aromatic N) is 3. The molecule has 1 N–H and O–H groups in total. The van der Waals surface area contributed by atoms with E-state index < -0.39 is 0 Å². The lowest BCUT2D eigenvalue weighted by Crippen LogP contribution is -2.37. The molecule has 4 heteroatoms. The first-order chi connectivity index (χ1) is 8.88. The number of fused-ring (bicyclic) bond motifs is 1. The number of aromatic nitrogens is 2. The van der Waals surface area contributed by atoms with Crippen LogP contribution in [-0.2, 0) is 0 Å². The van der Waals surface area contributed by atoms with Crippen molar-refractivity contribution in [3.8, 4) is 0 Å². The smallest absolute Gasteiger partial charge is 0.159 e. The Hall–Kier alpha value is -1.68. The van der Waals surface area contributed by atoms with Crippen molar-refractivity contribution in [3.63, 3.8) is 0 Å². The quantitative estimate of drug-likeness (QED) is 0.874. The van der Waals surface area contributed by atoms with E-state index in [-0.39, 0.29) is 6.61 Å². The van der Waals surface area contributed by atoms with Crippen molar-refractivity contribution in [1.29, 1.82) is 0 Å². The number of aliphatic hydroxyl groups is 1. The second-order valence-corrected chi connectivity index (χ2v) is 4.89. The van der Waals surface area contributed by atoms with Gasteiger partial charge in [-0.15, -0.1) is 5.10 Å². The normalized spacial score (nSPS) is 20.3. The summed E-state index contributed by atoms with van der Waals surface area (Å²) in [7, 11) is 0. The summed E-state index contributed by atoms with van der Waals surface area (Å²) in [6.45, 7) is 2.13. The third-order valence-corrected chi connectivity index (χ3v) is 3.63. The second-order valence-electron chi connectivity index (χ2n) is 4.89. The van der Waals surface area contributed by atoms with Crippen LogP contribution < -0.4 is 4.90 Å². The molecule has 0 aliphatic carbocycles. The van der Waals surface area contributed by atoms with Crippen LogP contribution in [0.25, 0.3) is 10.8 Å².